The van der Waals surface area contributed by atoms with Crippen LogP contribution in [0.15, 0.2) is 127 Å². The lowest BCUT2D eigenvalue weighted by molar-refractivity contribution is -0.137. The van der Waals surface area contributed by atoms with Gasteiger partial charge in [-0.05, 0) is 101 Å². The molecule has 604 valence electrons. The summed E-state index contributed by atoms with van der Waals surface area (Å²) in [7, 11) is 1.62. The van der Waals surface area contributed by atoms with Crippen molar-refractivity contribution in [3.8, 4) is 0 Å². The molecule has 110 heavy (non-hydrogen) atoms. The number of nitrogens with one attached hydrogen (secondary N) is 6. The van der Waals surface area contributed by atoms with E-state index >= 15 is 4.79 Å². The first-order valence-corrected chi connectivity index (χ1v) is 37.1. The molecule has 1 aliphatic heterocycles. The number of ether oxygens (including phenoxy) is 12. The van der Waals surface area contributed by atoms with Crippen LogP contribution in [0.5, 0.6) is 0 Å². The number of amides is 8. The van der Waals surface area contributed by atoms with Crippen molar-refractivity contribution in [3.63, 3.8) is 0 Å². The van der Waals surface area contributed by atoms with Crippen LogP contribution < -0.4 is 26.6 Å². The first kappa shape index (κ1) is 91.2. The number of anilines is 1. The van der Waals surface area contributed by atoms with Crippen LogP contribution in [0.1, 0.15) is 116 Å². The van der Waals surface area contributed by atoms with Gasteiger partial charge >= 0.3 is 18.3 Å². The summed E-state index contributed by atoms with van der Waals surface area (Å²) in [6.45, 7) is 17.5. The van der Waals surface area contributed by atoms with Gasteiger partial charge in [0.2, 0.25) is 23.7 Å². The number of alkyl carbamates (subject to hydrolysis) is 2. The number of hydrogen-bond donors (Lipinski definition) is 6. The van der Waals surface area contributed by atoms with Crippen molar-refractivity contribution in [2.24, 2.45) is 17.8 Å². The highest BCUT2D eigenvalue weighted by molar-refractivity contribution is 6.13. The summed E-state index contributed by atoms with van der Waals surface area (Å²) in [6, 6.07) is 33.4. The predicted molar refractivity (Wildman–Crippen MR) is 406 cm³/mol. The zero-order valence-corrected chi connectivity index (χ0v) is 64.9. The number of rotatable bonds is 52. The third-order valence-electron chi connectivity index (χ3n) is 16.3. The van der Waals surface area contributed by atoms with Crippen molar-refractivity contribution in [2.75, 3.05) is 144 Å². The molecule has 0 saturated heterocycles. The van der Waals surface area contributed by atoms with E-state index in [1.54, 1.807) is 60.8 Å². The van der Waals surface area contributed by atoms with Gasteiger partial charge in [-0.15, -0.1) is 0 Å². The standard InChI is InChI=1S/C80H112N8O22/c1-58(2)52-67(85-69(91)33-37-100-40-41-102-44-45-104-48-49-106-51-50-105-47-46-103-43-42-101-39-38-99-9)68(90)54-61(57-108-80(62-21-13-10-14-22-62,63-23-15-11-16-24-63)64-25-17-12-18-26-64)72(94)83-55-66(89)53-60(20-19-35-88(77(98)110-79(6,7)8)74(81)86-76(97)109-78(3,4)5)73(95)84-65-29-27-59(28-30-65)56-107-75(96)82-34-36-87-70(92)31-32-71(87)93/h10-18,21-32,58,60-61,67H,19-20,33-57H2,1-9H3,(H,82,96)(H,83,94)(H,84,95)(H,85,91)(H2,81,86,97)/t60-,61+,67+/m1/s1. The maximum absolute atomic E-state index is 15.0. The molecule has 0 fully saturated rings. The van der Waals surface area contributed by atoms with E-state index in [1.807, 2.05) is 105 Å². The number of Topliss-reactive ketones (excluding diaryl/α,β-unsaturated/α-hetero) is 2. The number of guanidine groups is 1. The van der Waals surface area contributed by atoms with E-state index in [4.69, 9.17) is 62.3 Å². The summed E-state index contributed by atoms with van der Waals surface area (Å²) in [4.78, 5) is 137. The van der Waals surface area contributed by atoms with Crippen LogP contribution in [0.4, 0.5) is 20.1 Å². The molecule has 0 spiro atoms. The molecule has 4 aromatic rings. The van der Waals surface area contributed by atoms with E-state index in [0.29, 0.717) is 102 Å². The molecule has 1 aliphatic rings. The molecule has 30 heteroatoms. The molecule has 0 saturated carbocycles. The third-order valence-corrected chi connectivity index (χ3v) is 16.3. The fraction of sp³-hybridized carbons (Fsp3) is 0.537. The highest BCUT2D eigenvalue weighted by atomic mass is 16.6. The molecule has 6 N–H and O–H groups in total. The molecule has 3 atom stereocenters. The lowest BCUT2D eigenvalue weighted by atomic mass is 9.80. The molecule has 0 radical (unpaired) electrons. The highest BCUT2D eigenvalue weighted by Crippen LogP contribution is 2.41. The summed E-state index contributed by atoms with van der Waals surface area (Å²) >= 11 is 0. The summed E-state index contributed by atoms with van der Waals surface area (Å²) in [5.74, 6) is -7.16. The molecular weight excluding hydrogens is 1420 g/mol. The highest BCUT2D eigenvalue weighted by Gasteiger charge is 2.40. The number of carbonyl (C=O) groups is 10. The Labute approximate surface area is 644 Å². The van der Waals surface area contributed by atoms with Crippen LogP contribution in [-0.2, 0) is 103 Å². The van der Waals surface area contributed by atoms with Crippen molar-refractivity contribution >= 4 is 71.0 Å². The van der Waals surface area contributed by atoms with E-state index in [-0.39, 0.29) is 90.0 Å². The Kier molecular flexibility index (Phi) is 41.2. The van der Waals surface area contributed by atoms with Crippen molar-refractivity contribution in [1.29, 1.82) is 5.41 Å². The number of imide groups is 1. The third kappa shape index (κ3) is 35.5. The summed E-state index contributed by atoms with van der Waals surface area (Å²) in [6.07, 6.45) is -1.50. The van der Waals surface area contributed by atoms with Gasteiger partial charge in [-0.1, -0.05) is 117 Å². The second-order valence-corrected chi connectivity index (χ2v) is 28.0. The van der Waals surface area contributed by atoms with E-state index in [0.717, 1.165) is 22.0 Å². The SMILES string of the molecule is COCCOCCOCCOCCOCCOCCOCCOCCC(=O)N[C@@H](CC(C)C)C(=O)C[C@@H](COC(c1ccccc1)(c1ccccc1)c1ccccc1)C(=O)NCC(=O)C[C@@H](CCCN(C(=N)NC(=O)OC(C)(C)C)C(=O)OC(C)(C)C)C(=O)Nc1ccc(COC(=O)NCCN2C(=O)C=CC2=O)cc1. The summed E-state index contributed by atoms with van der Waals surface area (Å²) in [5.41, 5.74) is -0.433. The van der Waals surface area contributed by atoms with E-state index in [2.05, 4.69) is 26.6 Å². The number of carbonyl (C=O) groups excluding carboxylic acids is 10. The number of nitrogens with zero attached hydrogens (tertiary/aromatic N) is 2. The first-order valence-electron chi connectivity index (χ1n) is 37.1. The van der Waals surface area contributed by atoms with Crippen LogP contribution in [0.3, 0.4) is 0 Å². The predicted octanol–water partition coefficient (Wildman–Crippen LogP) is 8.21. The lowest BCUT2D eigenvalue weighted by Gasteiger charge is -2.37. The minimum Gasteiger partial charge on any atom is -0.445 e. The van der Waals surface area contributed by atoms with Crippen molar-refractivity contribution < 1.29 is 105 Å². The van der Waals surface area contributed by atoms with Crippen LogP contribution in [0, 0.1) is 23.2 Å². The normalized spacial score (nSPS) is 13.1. The molecule has 30 nitrogen and oxygen atoms in total. The smallest absolute Gasteiger partial charge is 0.417 e. The summed E-state index contributed by atoms with van der Waals surface area (Å²) < 4.78 is 67.1. The fourth-order valence-corrected chi connectivity index (χ4v) is 11.0. The van der Waals surface area contributed by atoms with Gasteiger partial charge in [-0.2, -0.15) is 0 Å². The van der Waals surface area contributed by atoms with Gasteiger partial charge in [0.1, 0.15) is 23.4 Å². The number of methoxy groups -OCH3 is 1. The Bertz CT molecular complexity index is 3400. The molecule has 0 aromatic heterocycles. The van der Waals surface area contributed by atoms with Crippen LogP contribution in [0.2, 0.25) is 0 Å². The van der Waals surface area contributed by atoms with E-state index in [9.17, 15) is 43.2 Å². The van der Waals surface area contributed by atoms with Gasteiger partial charge in [-0.25, -0.2) is 19.3 Å². The van der Waals surface area contributed by atoms with Crippen molar-refractivity contribution in [3.05, 3.63) is 150 Å². The monoisotopic (exact) mass is 1540 g/mol. The van der Waals surface area contributed by atoms with Gasteiger partial charge in [0.25, 0.3) is 11.8 Å². The first-order chi connectivity index (χ1) is 52.7. The molecule has 0 bridgehead atoms. The van der Waals surface area contributed by atoms with Gasteiger partial charge in [0.15, 0.2) is 11.6 Å². The number of ketones is 2. The van der Waals surface area contributed by atoms with E-state index < -0.39 is 119 Å². The van der Waals surface area contributed by atoms with Crippen molar-refractivity contribution in [1.82, 2.24) is 31.1 Å². The Morgan fingerprint density at radius 1 is 0.555 bits per heavy atom. The Morgan fingerprint density at radius 3 is 1.51 bits per heavy atom. The number of benzene rings is 4. The second kappa shape index (κ2) is 49.7. The Balaban J connectivity index is 1.28. The lowest BCUT2D eigenvalue weighted by Crippen LogP contribution is -2.49. The molecular formula is C80H112N8O22. The second-order valence-electron chi connectivity index (χ2n) is 28.0. The average Bonchev–Trinajstić information content (AvgIpc) is 0.817. The molecule has 8 amide bonds. The molecule has 5 rings (SSSR count). The minimum atomic E-state index is -1.36. The fourth-order valence-electron chi connectivity index (χ4n) is 11.0. The van der Waals surface area contributed by atoms with Gasteiger partial charge in [0.05, 0.1) is 124 Å². The maximum Gasteiger partial charge on any atom is 0.417 e. The molecule has 0 unspecified atom stereocenters. The molecule has 1 heterocycles. The van der Waals surface area contributed by atoms with Crippen LogP contribution in [0.25, 0.3) is 0 Å². The van der Waals surface area contributed by atoms with Gasteiger partial charge in [0, 0.05) is 69.8 Å². The quantitative estimate of drug-likeness (QED) is 0.00605. The maximum atomic E-state index is 15.0. The minimum absolute atomic E-state index is 0.0227. The van der Waals surface area contributed by atoms with Crippen LogP contribution >= 0.6 is 0 Å². The van der Waals surface area contributed by atoms with E-state index in [1.165, 1.54) is 12.1 Å². The van der Waals surface area contributed by atoms with Crippen LogP contribution in [-0.4, -0.2) is 231 Å². The van der Waals surface area contributed by atoms with Gasteiger partial charge in [-0.3, -0.25) is 49.2 Å². The zero-order chi connectivity index (χ0) is 80.2. The van der Waals surface area contributed by atoms with Gasteiger partial charge < -0.3 is 78.1 Å². The Morgan fingerprint density at radius 2 is 1.04 bits per heavy atom. The average molecular weight is 1540 g/mol. The topological polar surface area (TPSA) is 372 Å². The van der Waals surface area contributed by atoms with Crippen molar-refractivity contribution in [2.45, 2.75) is 123 Å². The summed E-state index contributed by atoms with van der Waals surface area (Å²) in [5, 5.41) is 22.0. The molecule has 4 aromatic carbocycles. The largest absolute Gasteiger partial charge is 0.445 e. The molecule has 0 aliphatic carbocycles. The zero-order valence-electron chi connectivity index (χ0n) is 64.9. The number of hydrogen-bond acceptors (Lipinski definition) is 23. The Hall–Kier alpha value is -9.37.